The zero-order valence-electron chi connectivity index (χ0n) is 15.2. The number of benzene rings is 2. The van der Waals surface area contributed by atoms with E-state index in [0.29, 0.717) is 3.57 Å². The molecule has 7 nitrogen and oxygen atoms in total. The van der Waals surface area contributed by atoms with Crippen LogP contribution in [0.2, 0.25) is 0 Å². The van der Waals surface area contributed by atoms with E-state index in [1.54, 1.807) is 0 Å². The Labute approximate surface area is 183 Å². The van der Waals surface area contributed by atoms with Gasteiger partial charge < -0.3 is 15.3 Å². The summed E-state index contributed by atoms with van der Waals surface area (Å²) in [6.45, 7) is -0.772. The number of nitrogens with one attached hydrogen (secondary N) is 2. The molecule has 0 aliphatic rings. The summed E-state index contributed by atoms with van der Waals surface area (Å²) >= 11 is 1.88. The quantitative estimate of drug-likeness (QED) is 0.152. The monoisotopic (exact) mass is 533 g/mol. The van der Waals surface area contributed by atoms with Gasteiger partial charge in [0.1, 0.15) is 19.0 Å². The van der Waals surface area contributed by atoms with E-state index in [1.165, 1.54) is 18.2 Å². The molecular formula is C19H15F3IN3O4. The van der Waals surface area contributed by atoms with Crippen molar-refractivity contribution in [3.63, 3.8) is 0 Å². The lowest BCUT2D eigenvalue weighted by Crippen LogP contribution is -2.25. The molecule has 0 bridgehead atoms. The summed E-state index contributed by atoms with van der Waals surface area (Å²) in [4.78, 5) is 21.8. The Morgan fingerprint density at radius 2 is 2.07 bits per heavy atom. The lowest BCUT2D eigenvalue weighted by atomic mass is 10.1. The SMILES string of the molecule is C#CCONC(=O)c1cc(C=NOCCO)c(F)c(F)c1Nc1ccc(I)cc1F. The van der Waals surface area contributed by atoms with Crippen LogP contribution in [-0.2, 0) is 9.68 Å². The molecule has 0 heterocycles. The molecule has 30 heavy (non-hydrogen) atoms. The molecule has 2 aromatic carbocycles. The number of anilines is 2. The van der Waals surface area contributed by atoms with E-state index in [0.717, 1.165) is 12.3 Å². The second-order valence-electron chi connectivity index (χ2n) is 5.48. The van der Waals surface area contributed by atoms with Crippen LogP contribution in [-0.4, -0.2) is 37.0 Å². The van der Waals surface area contributed by atoms with Gasteiger partial charge in [-0.3, -0.25) is 9.63 Å². The number of carbonyl (C=O) groups excluding carboxylic acids is 1. The number of amides is 1. The maximum Gasteiger partial charge on any atom is 0.277 e. The molecule has 0 radical (unpaired) electrons. The van der Waals surface area contributed by atoms with E-state index >= 15 is 0 Å². The first kappa shape index (κ1) is 23.5. The minimum atomic E-state index is -1.46. The zero-order chi connectivity index (χ0) is 22.1. The van der Waals surface area contributed by atoms with Crippen LogP contribution in [0.5, 0.6) is 0 Å². The molecule has 11 heteroatoms. The Hall–Kier alpha value is -2.82. The van der Waals surface area contributed by atoms with E-state index < -0.39 is 40.2 Å². The highest BCUT2D eigenvalue weighted by Gasteiger charge is 2.23. The van der Waals surface area contributed by atoms with Gasteiger partial charge in [0.05, 0.1) is 29.8 Å². The molecule has 0 aromatic heterocycles. The third-order valence-corrected chi connectivity index (χ3v) is 4.11. The maximum absolute atomic E-state index is 14.8. The van der Waals surface area contributed by atoms with Crippen LogP contribution in [0, 0.1) is 33.4 Å². The van der Waals surface area contributed by atoms with Crippen LogP contribution < -0.4 is 10.8 Å². The van der Waals surface area contributed by atoms with Crippen molar-refractivity contribution in [1.29, 1.82) is 0 Å². The van der Waals surface area contributed by atoms with Crippen molar-refractivity contribution in [1.82, 2.24) is 5.48 Å². The minimum absolute atomic E-state index is 0.167. The second-order valence-corrected chi connectivity index (χ2v) is 6.73. The van der Waals surface area contributed by atoms with Gasteiger partial charge in [0, 0.05) is 9.13 Å². The molecule has 3 N–H and O–H groups in total. The number of nitrogens with zero attached hydrogens (tertiary/aromatic N) is 1. The number of aliphatic hydroxyl groups is 1. The number of halogens is 4. The summed E-state index contributed by atoms with van der Waals surface area (Å²) in [5, 5.41) is 14.4. The van der Waals surface area contributed by atoms with Crippen LogP contribution in [0.15, 0.2) is 29.4 Å². The first-order chi connectivity index (χ1) is 14.4. The number of hydrogen-bond acceptors (Lipinski definition) is 6. The highest BCUT2D eigenvalue weighted by atomic mass is 127. The van der Waals surface area contributed by atoms with E-state index in [-0.39, 0.29) is 25.5 Å². The fraction of sp³-hybridized carbons (Fsp3) is 0.158. The molecule has 0 aliphatic carbocycles. The van der Waals surface area contributed by atoms with Crippen LogP contribution in [0.1, 0.15) is 15.9 Å². The number of oxime groups is 1. The van der Waals surface area contributed by atoms with Crippen LogP contribution in [0.3, 0.4) is 0 Å². The summed E-state index contributed by atoms with van der Waals surface area (Å²) in [7, 11) is 0. The Balaban J connectivity index is 2.49. The van der Waals surface area contributed by atoms with Gasteiger partial charge >= 0.3 is 0 Å². The first-order valence-electron chi connectivity index (χ1n) is 8.24. The second kappa shape index (κ2) is 11.4. The molecule has 0 aliphatic heterocycles. The normalized spacial score (nSPS) is 10.7. The third kappa shape index (κ3) is 6.09. The summed E-state index contributed by atoms with van der Waals surface area (Å²) < 4.78 is 44.0. The standard InChI is InChI=1S/C19H15F3IN3O4/c1-2-6-30-26-19(28)13-8-11(10-24-29-7-5-27)16(21)17(22)18(13)25-15-4-3-12(23)9-14(15)20/h1,3-4,8-10,25,27H,5-7H2,(H,26,28). The number of terminal acetylenes is 1. The van der Waals surface area contributed by atoms with E-state index in [4.69, 9.17) is 16.4 Å². The summed E-state index contributed by atoms with van der Waals surface area (Å²) in [5.74, 6) is -2.40. The van der Waals surface area contributed by atoms with Gasteiger partial charge in [-0.2, -0.15) is 0 Å². The van der Waals surface area contributed by atoms with Gasteiger partial charge in [-0.15, -0.1) is 6.42 Å². The van der Waals surface area contributed by atoms with Gasteiger partial charge in [-0.1, -0.05) is 11.1 Å². The highest BCUT2D eigenvalue weighted by Crippen LogP contribution is 2.30. The van der Waals surface area contributed by atoms with Gasteiger partial charge in [0.25, 0.3) is 5.91 Å². The fourth-order valence-electron chi connectivity index (χ4n) is 2.15. The van der Waals surface area contributed by atoms with Crippen molar-refractivity contribution in [2.45, 2.75) is 0 Å². The first-order valence-corrected chi connectivity index (χ1v) is 9.32. The molecule has 0 saturated heterocycles. The summed E-state index contributed by atoms with van der Waals surface area (Å²) in [6.07, 6.45) is 5.84. The van der Waals surface area contributed by atoms with Crippen molar-refractivity contribution in [2.24, 2.45) is 5.16 Å². The Kier molecular flexibility index (Phi) is 8.90. The van der Waals surface area contributed by atoms with Crippen molar-refractivity contribution >= 4 is 46.1 Å². The molecule has 158 valence electrons. The number of aliphatic hydroxyl groups excluding tert-OH is 1. The number of rotatable bonds is 9. The van der Waals surface area contributed by atoms with E-state index in [9.17, 15) is 18.0 Å². The average Bonchev–Trinajstić information content (AvgIpc) is 2.72. The molecule has 0 spiro atoms. The average molecular weight is 533 g/mol. The number of hydroxylamine groups is 1. The predicted molar refractivity (Wildman–Crippen MR) is 112 cm³/mol. The lowest BCUT2D eigenvalue weighted by molar-refractivity contribution is 0.0438. The van der Waals surface area contributed by atoms with Gasteiger partial charge in [-0.05, 0) is 46.9 Å². The largest absolute Gasteiger partial charge is 0.393 e. The van der Waals surface area contributed by atoms with Crippen molar-refractivity contribution in [2.75, 3.05) is 25.1 Å². The van der Waals surface area contributed by atoms with E-state index in [2.05, 4.69) is 21.2 Å². The van der Waals surface area contributed by atoms with Crippen LogP contribution >= 0.6 is 22.6 Å². The zero-order valence-corrected chi connectivity index (χ0v) is 17.4. The molecule has 2 rings (SSSR count). The van der Waals surface area contributed by atoms with Gasteiger partial charge in [-0.25, -0.2) is 18.7 Å². The molecule has 0 fully saturated rings. The third-order valence-electron chi connectivity index (χ3n) is 3.44. The fourth-order valence-corrected chi connectivity index (χ4v) is 2.61. The van der Waals surface area contributed by atoms with Crippen molar-refractivity contribution in [3.8, 4) is 12.3 Å². The summed E-state index contributed by atoms with van der Waals surface area (Å²) in [5.41, 5.74) is 0.344. The maximum atomic E-state index is 14.8. The Bertz CT molecular complexity index is 996. The predicted octanol–water partition coefficient (Wildman–Crippen LogP) is 3.09. The molecule has 0 unspecified atom stereocenters. The van der Waals surface area contributed by atoms with Crippen LogP contribution in [0.4, 0.5) is 24.5 Å². The van der Waals surface area contributed by atoms with Crippen LogP contribution in [0.25, 0.3) is 0 Å². The number of hydrogen-bond donors (Lipinski definition) is 3. The molecular weight excluding hydrogens is 518 g/mol. The molecule has 1 amide bonds. The molecule has 2 aromatic rings. The van der Waals surface area contributed by atoms with Crippen molar-refractivity contribution < 1.29 is 32.7 Å². The lowest BCUT2D eigenvalue weighted by Gasteiger charge is -2.15. The van der Waals surface area contributed by atoms with Gasteiger partial charge in [0.15, 0.2) is 11.6 Å². The molecule has 0 atom stereocenters. The summed E-state index contributed by atoms with van der Waals surface area (Å²) in [6, 6.07) is 4.98. The minimum Gasteiger partial charge on any atom is -0.393 e. The van der Waals surface area contributed by atoms with E-state index in [1.807, 2.05) is 28.1 Å². The Morgan fingerprint density at radius 1 is 1.30 bits per heavy atom. The number of carbonyl (C=O) groups is 1. The smallest absolute Gasteiger partial charge is 0.277 e. The topological polar surface area (TPSA) is 92.2 Å². The van der Waals surface area contributed by atoms with Gasteiger partial charge in [0.2, 0.25) is 0 Å². The Morgan fingerprint density at radius 3 is 2.73 bits per heavy atom. The van der Waals surface area contributed by atoms with Crippen molar-refractivity contribution in [3.05, 3.63) is 56.4 Å². The highest BCUT2D eigenvalue weighted by molar-refractivity contribution is 14.1. The molecule has 0 saturated carbocycles.